The van der Waals surface area contributed by atoms with Gasteiger partial charge in [-0.2, -0.15) is 0 Å². The highest BCUT2D eigenvalue weighted by Gasteiger charge is 1.98. The average molecular weight is 213 g/mol. The van der Waals surface area contributed by atoms with Gasteiger partial charge < -0.3 is 10.4 Å². The molecule has 0 saturated heterocycles. The molecule has 0 bridgehead atoms. The van der Waals surface area contributed by atoms with Crippen molar-refractivity contribution in [3.05, 3.63) is 59.7 Å². The second-order valence-corrected chi connectivity index (χ2v) is 3.84. The van der Waals surface area contributed by atoms with Crippen LogP contribution < -0.4 is 5.32 Å². The molecule has 0 aromatic heterocycles. The van der Waals surface area contributed by atoms with E-state index in [0.29, 0.717) is 5.75 Å². The number of phenols is 1. The second kappa shape index (κ2) is 4.71. The van der Waals surface area contributed by atoms with Gasteiger partial charge in [-0.25, -0.2) is 0 Å². The lowest BCUT2D eigenvalue weighted by Gasteiger charge is -2.09. The van der Waals surface area contributed by atoms with Crippen molar-refractivity contribution in [2.75, 3.05) is 5.32 Å². The van der Waals surface area contributed by atoms with Crippen LogP contribution in [0.2, 0.25) is 0 Å². The minimum atomic E-state index is 0.308. The Balaban J connectivity index is 2.05. The van der Waals surface area contributed by atoms with Crippen molar-refractivity contribution < 1.29 is 5.11 Å². The number of anilines is 1. The summed E-state index contributed by atoms with van der Waals surface area (Å²) in [5, 5.41) is 12.6. The summed E-state index contributed by atoms with van der Waals surface area (Å²) in [6.45, 7) is 2.78. The molecule has 0 radical (unpaired) electrons. The van der Waals surface area contributed by atoms with Crippen LogP contribution in [0.15, 0.2) is 48.5 Å². The summed E-state index contributed by atoms with van der Waals surface area (Å²) >= 11 is 0. The Morgan fingerprint density at radius 2 is 1.81 bits per heavy atom. The second-order valence-electron chi connectivity index (χ2n) is 3.84. The first-order chi connectivity index (χ1) is 7.75. The first kappa shape index (κ1) is 10.6. The summed E-state index contributed by atoms with van der Waals surface area (Å²) in [6.07, 6.45) is 0. The van der Waals surface area contributed by atoms with Crippen molar-refractivity contribution in [1.29, 1.82) is 0 Å². The van der Waals surface area contributed by atoms with Gasteiger partial charge in [0.2, 0.25) is 0 Å². The van der Waals surface area contributed by atoms with Gasteiger partial charge in [-0.05, 0) is 36.2 Å². The van der Waals surface area contributed by atoms with Gasteiger partial charge in [0.1, 0.15) is 5.75 Å². The molecule has 0 amide bonds. The van der Waals surface area contributed by atoms with E-state index in [9.17, 15) is 5.11 Å². The summed E-state index contributed by atoms with van der Waals surface area (Å²) in [6, 6.07) is 15.6. The Labute approximate surface area is 95.6 Å². The number of benzene rings is 2. The number of hydrogen-bond acceptors (Lipinski definition) is 2. The zero-order valence-corrected chi connectivity index (χ0v) is 9.27. The Hall–Kier alpha value is -1.96. The monoisotopic (exact) mass is 213 g/mol. The van der Waals surface area contributed by atoms with E-state index in [4.69, 9.17) is 0 Å². The molecule has 2 rings (SSSR count). The fourth-order valence-electron chi connectivity index (χ4n) is 1.64. The van der Waals surface area contributed by atoms with E-state index < -0.39 is 0 Å². The third-order valence-corrected chi connectivity index (χ3v) is 2.54. The Morgan fingerprint density at radius 3 is 2.50 bits per heavy atom. The summed E-state index contributed by atoms with van der Waals surface area (Å²) in [4.78, 5) is 0. The molecule has 2 aromatic rings. The number of hydrogen-bond donors (Lipinski definition) is 2. The molecule has 0 fully saturated rings. The van der Waals surface area contributed by atoms with Crippen molar-refractivity contribution in [2.45, 2.75) is 13.5 Å². The molecule has 2 heteroatoms. The molecule has 0 heterocycles. The maximum Gasteiger partial charge on any atom is 0.115 e. The predicted octanol–water partition coefficient (Wildman–Crippen LogP) is 3.31. The first-order valence-corrected chi connectivity index (χ1v) is 5.33. The molecule has 16 heavy (non-hydrogen) atoms. The van der Waals surface area contributed by atoms with Gasteiger partial charge in [-0.1, -0.05) is 30.3 Å². The van der Waals surface area contributed by atoms with Crippen LogP contribution in [-0.2, 0) is 6.54 Å². The molecule has 2 nitrogen and oxygen atoms in total. The van der Waals surface area contributed by atoms with E-state index in [-0.39, 0.29) is 0 Å². The van der Waals surface area contributed by atoms with Gasteiger partial charge in [-0.3, -0.25) is 0 Å². The topological polar surface area (TPSA) is 32.3 Å². The highest BCUT2D eigenvalue weighted by molar-refractivity contribution is 5.53. The van der Waals surface area contributed by atoms with E-state index in [1.807, 2.05) is 31.2 Å². The van der Waals surface area contributed by atoms with E-state index in [2.05, 4.69) is 17.4 Å². The summed E-state index contributed by atoms with van der Waals surface area (Å²) in [5.41, 5.74) is 3.35. The van der Waals surface area contributed by atoms with Crippen LogP contribution in [0.4, 0.5) is 5.69 Å². The predicted molar refractivity (Wildman–Crippen MR) is 66.6 cm³/mol. The zero-order chi connectivity index (χ0) is 11.4. The Kier molecular flexibility index (Phi) is 3.10. The van der Waals surface area contributed by atoms with Crippen molar-refractivity contribution in [3.63, 3.8) is 0 Å². The van der Waals surface area contributed by atoms with Crippen LogP contribution in [0.25, 0.3) is 0 Å². The molecule has 0 saturated carbocycles. The average Bonchev–Trinajstić information content (AvgIpc) is 2.29. The van der Waals surface area contributed by atoms with E-state index in [1.165, 1.54) is 5.56 Å². The molecule has 82 valence electrons. The SMILES string of the molecule is Cc1cc(O)ccc1NCc1ccccc1. The highest BCUT2D eigenvalue weighted by Crippen LogP contribution is 2.20. The quantitative estimate of drug-likeness (QED) is 0.767. The summed E-state index contributed by atoms with van der Waals surface area (Å²) in [7, 11) is 0. The molecular weight excluding hydrogens is 198 g/mol. The molecule has 0 atom stereocenters. The van der Waals surface area contributed by atoms with Crippen molar-refractivity contribution in [3.8, 4) is 5.75 Å². The van der Waals surface area contributed by atoms with Gasteiger partial charge in [0.05, 0.1) is 0 Å². The summed E-state index contributed by atoms with van der Waals surface area (Å²) in [5.74, 6) is 0.308. The number of aromatic hydroxyl groups is 1. The Bertz CT molecular complexity index is 465. The Morgan fingerprint density at radius 1 is 1.06 bits per heavy atom. The lowest BCUT2D eigenvalue weighted by molar-refractivity contribution is 0.475. The van der Waals surface area contributed by atoms with Gasteiger partial charge in [0, 0.05) is 12.2 Å². The number of nitrogens with one attached hydrogen (secondary N) is 1. The van der Waals surface area contributed by atoms with E-state index in [0.717, 1.165) is 17.8 Å². The smallest absolute Gasteiger partial charge is 0.115 e. The third kappa shape index (κ3) is 2.54. The summed E-state index contributed by atoms with van der Waals surface area (Å²) < 4.78 is 0. The molecule has 2 N–H and O–H groups in total. The largest absolute Gasteiger partial charge is 0.508 e. The number of phenolic OH excluding ortho intramolecular Hbond substituents is 1. The number of aryl methyl sites for hydroxylation is 1. The fourth-order valence-corrected chi connectivity index (χ4v) is 1.64. The van der Waals surface area contributed by atoms with Gasteiger partial charge in [0.15, 0.2) is 0 Å². The van der Waals surface area contributed by atoms with Gasteiger partial charge in [0.25, 0.3) is 0 Å². The third-order valence-electron chi connectivity index (χ3n) is 2.54. The minimum Gasteiger partial charge on any atom is -0.508 e. The molecule has 0 aliphatic carbocycles. The minimum absolute atomic E-state index is 0.308. The van der Waals surface area contributed by atoms with Crippen LogP contribution in [0, 0.1) is 6.92 Å². The van der Waals surface area contributed by atoms with Crippen LogP contribution in [0.1, 0.15) is 11.1 Å². The fraction of sp³-hybridized carbons (Fsp3) is 0.143. The van der Waals surface area contributed by atoms with Crippen LogP contribution >= 0.6 is 0 Å². The lowest BCUT2D eigenvalue weighted by Crippen LogP contribution is -2.00. The number of rotatable bonds is 3. The molecule has 0 aliphatic heterocycles. The maximum absolute atomic E-state index is 9.29. The molecule has 2 aromatic carbocycles. The van der Waals surface area contributed by atoms with E-state index >= 15 is 0 Å². The molecule has 0 spiro atoms. The highest BCUT2D eigenvalue weighted by atomic mass is 16.3. The van der Waals surface area contributed by atoms with Crippen molar-refractivity contribution >= 4 is 5.69 Å². The molecular formula is C14H15NO. The normalized spacial score (nSPS) is 10.1. The van der Waals surface area contributed by atoms with Gasteiger partial charge >= 0.3 is 0 Å². The lowest BCUT2D eigenvalue weighted by atomic mass is 10.1. The van der Waals surface area contributed by atoms with Crippen LogP contribution in [0.3, 0.4) is 0 Å². The maximum atomic E-state index is 9.29. The van der Waals surface area contributed by atoms with Crippen molar-refractivity contribution in [2.24, 2.45) is 0 Å². The standard InChI is InChI=1S/C14H15NO/c1-11-9-13(16)7-8-14(11)15-10-12-5-3-2-4-6-12/h2-9,15-16H,10H2,1H3. The van der Waals surface area contributed by atoms with Crippen LogP contribution in [0.5, 0.6) is 5.75 Å². The van der Waals surface area contributed by atoms with Crippen molar-refractivity contribution in [1.82, 2.24) is 0 Å². The molecule has 0 unspecified atom stereocenters. The first-order valence-electron chi connectivity index (χ1n) is 5.33. The van der Waals surface area contributed by atoms with Crippen LogP contribution in [-0.4, -0.2) is 5.11 Å². The molecule has 0 aliphatic rings. The van der Waals surface area contributed by atoms with E-state index in [1.54, 1.807) is 12.1 Å². The zero-order valence-electron chi connectivity index (χ0n) is 9.27. The van der Waals surface area contributed by atoms with Gasteiger partial charge in [-0.15, -0.1) is 0 Å².